The molecule has 0 radical (unpaired) electrons. The van der Waals surface area contributed by atoms with Crippen molar-refractivity contribution in [2.75, 3.05) is 26.1 Å². The van der Waals surface area contributed by atoms with Gasteiger partial charge >= 0.3 is 0 Å². The molecule has 0 fully saturated rings. The van der Waals surface area contributed by atoms with Gasteiger partial charge in [0.25, 0.3) is 0 Å². The van der Waals surface area contributed by atoms with Gasteiger partial charge in [-0.2, -0.15) is 12.6 Å². The predicted molar refractivity (Wildman–Crippen MR) is 50.4 cm³/mol. The minimum Gasteiger partial charge on any atom is -0.382 e. The van der Waals surface area contributed by atoms with Crippen molar-refractivity contribution in [1.82, 2.24) is 0 Å². The van der Waals surface area contributed by atoms with Crippen LogP contribution < -0.4 is 0 Å². The summed E-state index contributed by atoms with van der Waals surface area (Å²) >= 11 is 4.11. The van der Waals surface area contributed by atoms with E-state index in [1.54, 1.807) is 7.11 Å². The molecule has 68 valence electrons. The lowest BCUT2D eigenvalue weighted by Crippen LogP contribution is -2.15. The summed E-state index contributed by atoms with van der Waals surface area (Å²) in [4.78, 5) is 0. The lowest BCUT2D eigenvalue weighted by Gasteiger charge is -2.10. The second-order valence-corrected chi connectivity index (χ2v) is 3.01. The van der Waals surface area contributed by atoms with Crippen LogP contribution in [0.3, 0.4) is 0 Å². The molecule has 0 heterocycles. The van der Waals surface area contributed by atoms with Gasteiger partial charge in [0.15, 0.2) is 0 Å². The van der Waals surface area contributed by atoms with Crippen molar-refractivity contribution in [1.29, 1.82) is 0 Å². The van der Waals surface area contributed by atoms with Gasteiger partial charge in [-0.25, -0.2) is 0 Å². The Balaban J connectivity index is 2.97. The van der Waals surface area contributed by atoms with Crippen molar-refractivity contribution in [2.45, 2.75) is 25.9 Å². The zero-order valence-electron chi connectivity index (χ0n) is 7.38. The molecule has 0 bridgehead atoms. The van der Waals surface area contributed by atoms with Crippen molar-refractivity contribution in [3.05, 3.63) is 0 Å². The van der Waals surface area contributed by atoms with Gasteiger partial charge in [-0.1, -0.05) is 0 Å². The van der Waals surface area contributed by atoms with Crippen LogP contribution in [-0.2, 0) is 9.47 Å². The van der Waals surface area contributed by atoms with E-state index < -0.39 is 0 Å². The van der Waals surface area contributed by atoms with Gasteiger partial charge in [0.05, 0.1) is 12.7 Å². The number of hydrogen-bond acceptors (Lipinski definition) is 3. The SMILES string of the molecule is COCC(C)OCCCCS. The number of unbranched alkanes of at least 4 members (excludes halogenated alkanes) is 1. The Labute approximate surface area is 74.7 Å². The van der Waals surface area contributed by atoms with E-state index in [9.17, 15) is 0 Å². The molecule has 0 rings (SSSR count). The van der Waals surface area contributed by atoms with E-state index in [4.69, 9.17) is 9.47 Å². The van der Waals surface area contributed by atoms with E-state index in [2.05, 4.69) is 12.6 Å². The third-order valence-corrected chi connectivity index (χ3v) is 1.67. The van der Waals surface area contributed by atoms with Crippen LogP contribution in [0.5, 0.6) is 0 Å². The van der Waals surface area contributed by atoms with Crippen LogP contribution >= 0.6 is 12.6 Å². The molecule has 0 aromatic heterocycles. The molecule has 1 atom stereocenters. The van der Waals surface area contributed by atoms with Crippen LogP contribution in [0.1, 0.15) is 19.8 Å². The van der Waals surface area contributed by atoms with Crippen molar-refractivity contribution >= 4 is 12.6 Å². The molecule has 3 heteroatoms. The summed E-state index contributed by atoms with van der Waals surface area (Å²) in [5.41, 5.74) is 0. The van der Waals surface area contributed by atoms with Gasteiger partial charge in [0.1, 0.15) is 0 Å². The number of thiol groups is 1. The molecular weight excluding hydrogens is 160 g/mol. The zero-order chi connectivity index (χ0) is 8.53. The first-order chi connectivity index (χ1) is 5.31. The predicted octanol–water partition coefficient (Wildman–Crippen LogP) is 1.75. The third kappa shape index (κ3) is 8.17. The van der Waals surface area contributed by atoms with Crippen LogP contribution in [0.4, 0.5) is 0 Å². The average molecular weight is 178 g/mol. The van der Waals surface area contributed by atoms with Gasteiger partial charge in [-0.3, -0.25) is 0 Å². The smallest absolute Gasteiger partial charge is 0.0780 e. The highest BCUT2D eigenvalue weighted by molar-refractivity contribution is 7.80. The summed E-state index contributed by atoms with van der Waals surface area (Å²) in [7, 11) is 1.69. The van der Waals surface area contributed by atoms with E-state index in [1.165, 1.54) is 0 Å². The Morgan fingerprint density at radius 3 is 2.64 bits per heavy atom. The highest BCUT2D eigenvalue weighted by atomic mass is 32.1. The molecule has 0 spiro atoms. The molecule has 0 saturated carbocycles. The summed E-state index contributed by atoms with van der Waals surface area (Å²) in [6.45, 7) is 3.52. The normalized spacial score (nSPS) is 13.4. The van der Waals surface area contributed by atoms with Gasteiger partial charge in [-0.05, 0) is 25.5 Å². The lowest BCUT2D eigenvalue weighted by molar-refractivity contribution is 0.00819. The molecule has 1 unspecified atom stereocenters. The van der Waals surface area contributed by atoms with Crippen molar-refractivity contribution in [3.63, 3.8) is 0 Å². The first-order valence-corrected chi connectivity index (χ1v) is 4.66. The summed E-state index contributed by atoms with van der Waals surface area (Å²) in [6.07, 6.45) is 2.44. The van der Waals surface area contributed by atoms with E-state index >= 15 is 0 Å². The first kappa shape index (κ1) is 11.3. The zero-order valence-corrected chi connectivity index (χ0v) is 8.27. The Bertz CT molecular complexity index is 78.5. The van der Waals surface area contributed by atoms with Crippen molar-refractivity contribution < 1.29 is 9.47 Å². The van der Waals surface area contributed by atoms with Crippen molar-refractivity contribution in [2.24, 2.45) is 0 Å². The summed E-state index contributed by atoms with van der Waals surface area (Å²) < 4.78 is 10.3. The second kappa shape index (κ2) is 8.37. The van der Waals surface area contributed by atoms with Crippen LogP contribution in [0.15, 0.2) is 0 Å². The Morgan fingerprint density at radius 1 is 1.36 bits per heavy atom. The fraction of sp³-hybridized carbons (Fsp3) is 1.00. The van der Waals surface area contributed by atoms with Gasteiger partial charge in [0, 0.05) is 13.7 Å². The molecule has 0 amide bonds. The summed E-state index contributed by atoms with van der Waals surface area (Å²) in [5.74, 6) is 0.946. The van der Waals surface area contributed by atoms with E-state index in [1.807, 2.05) is 6.92 Å². The largest absolute Gasteiger partial charge is 0.382 e. The second-order valence-electron chi connectivity index (χ2n) is 2.57. The fourth-order valence-corrected chi connectivity index (χ4v) is 1.00. The molecule has 0 aromatic carbocycles. The monoisotopic (exact) mass is 178 g/mol. The number of ether oxygens (including phenoxy) is 2. The molecule has 0 N–H and O–H groups in total. The average Bonchev–Trinajstić information content (AvgIpc) is 1.99. The van der Waals surface area contributed by atoms with E-state index in [0.29, 0.717) is 6.61 Å². The van der Waals surface area contributed by atoms with Crippen LogP contribution in [-0.4, -0.2) is 32.2 Å². The van der Waals surface area contributed by atoms with Crippen LogP contribution in [0.25, 0.3) is 0 Å². The maximum atomic E-state index is 5.43. The molecular formula is C8H18O2S. The molecule has 0 aliphatic rings. The Hall–Kier alpha value is 0.270. The fourth-order valence-electron chi connectivity index (χ4n) is 0.781. The highest BCUT2D eigenvalue weighted by Gasteiger charge is 1.99. The maximum Gasteiger partial charge on any atom is 0.0780 e. The lowest BCUT2D eigenvalue weighted by atomic mass is 10.3. The number of methoxy groups -OCH3 is 1. The van der Waals surface area contributed by atoms with Gasteiger partial charge in [-0.15, -0.1) is 0 Å². The first-order valence-electron chi connectivity index (χ1n) is 4.02. The highest BCUT2D eigenvalue weighted by Crippen LogP contribution is 1.96. The maximum absolute atomic E-state index is 5.43. The Kier molecular flexibility index (Phi) is 8.57. The number of hydrogen-bond donors (Lipinski definition) is 1. The third-order valence-electron chi connectivity index (χ3n) is 1.36. The Morgan fingerprint density at radius 2 is 2.09 bits per heavy atom. The molecule has 11 heavy (non-hydrogen) atoms. The van der Waals surface area contributed by atoms with Gasteiger partial charge in [0.2, 0.25) is 0 Å². The van der Waals surface area contributed by atoms with Gasteiger partial charge < -0.3 is 9.47 Å². The van der Waals surface area contributed by atoms with E-state index in [0.717, 1.165) is 25.2 Å². The minimum atomic E-state index is 0.222. The van der Waals surface area contributed by atoms with Crippen LogP contribution in [0, 0.1) is 0 Å². The summed E-state index contributed by atoms with van der Waals surface area (Å²) in [5, 5.41) is 0. The molecule has 0 saturated heterocycles. The topological polar surface area (TPSA) is 18.5 Å². The van der Waals surface area contributed by atoms with Crippen LogP contribution in [0.2, 0.25) is 0 Å². The summed E-state index contributed by atoms with van der Waals surface area (Å²) in [6, 6.07) is 0. The molecule has 2 nitrogen and oxygen atoms in total. The standard InChI is InChI=1S/C8H18O2S/c1-8(7-9-2)10-5-3-4-6-11/h8,11H,3-7H2,1-2H3. The minimum absolute atomic E-state index is 0.222. The number of rotatable bonds is 7. The van der Waals surface area contributed by atoms with Crippen molar-refractivity contribution in [3.8, 4) is 0 Å². The quantitative estimate of drug-likeness (QED) is 0.473. The van der Waals surface area contributed by atoms with E-state index in [-0.39, 0.29) is 6.10 Å². The molecule has 0 aromatic rings. The molecule has 0 aliphatic heterocycles. The molecule has 0 aliphatic carbocycles.